The molecular formula is C22H18FN3O3S. The van der Waals surface area contributed by atoms with Crippen molar-refractivity contribution in [1.29, 1.82) is 0 Å². The first kappa shape index (κ1) is 19.9. The Kier molecular flexibility index (Phi) is 5.67. The molecule has 0 spiro atoms. The lowest BCUT2D eigenvalue weighted by molar-refractivity contribution is -0.129. The Morgan fingerprint density at radius 1 is 1.13 bits per heavy atom. The third-order valence-corrected chi connectivity index (χ3v) is 5.64. The predicted molar refractivity (Wildman–Crippen MR) is 114 cm³/mol. The van der Waals surface area contributed by atoms with Crippen molar-refractivity contribution in [2.45, 2.75) is 6.42 Å². The highest BCUT2D eigenvalue weighted by molar-refractivity contribution is 8.18. The number of nitrogens with one attached hydrogen (secondary N) is 2. The van der Waals surface area contributed by atoms with Crippen molar-refractivity contribution in [2.24, 2.45) is 0 Å². The Bertz CT molecular complexity index is 1150. The number of hydrogen-bond donors (Lipinski definition) is 2. The Labute approximate surface area is 176 Å². The number of rotatable bonds is 6. The quantitative estimate of drug-likeness (QED) is 0.593. The number of halogens is 1. The molecule has 0 aliphatic carbocycles. The van der Waals surface area contributed by atoms with Crippen LogP contribution in [0.5, 0.6) is 0 Å². The number of nitrogens with zero attached hydrogens (tertiary/aromatic N) is 1. The molecule has 3 aromatic rings. The molecule has 4 rings (SSSR count). The van der Waals surface area contributed by atoms with E-state index in [0.717, 1.165) is 33.1 Å². The van der Waals surface area contributed by atoms with E-state index in [4.69, 9.17) is 0 Å². The first-order chi connectivity index (χ1) is 14.5. The van der Waals surface area contributed by atoms with E-state index in [1.165, 1.54) is 30.3 Å². The Balaban J connectivity index is 1.33. The summed E-state index contributed by atoms with van der Waals surface area (Å²) in [5.74, 6) is -1.31. The molecule has 2 N–H and O–H groups in total. The van der Waals surface area contributed by atoms with E-state index in [1.807, 2.05) is 30.5 Å². The van der Waals surface area contributed by atoms with Gasteiger partial charge in [-0.3, -0.25) is 19.3 Å². The van der Waals surface area contributed by atoms with E-state index >= 15 is 0 Å². The van der Waals surface area contributed by atoms with Gasteiger partial charge >= 0.3 is 0 Å². The van der Waals surface area contributed by atoms with Crippen molar-refractivity contribution in [3.05, 3.63) is 76.6 Å². The van der Waals surface area contributed by atoms with Gasteiger partial charge in [0.2, 0.25) is 5.91 Å². The molecule has 0 saturated carbocycles. The summed E-state index contributed by atoms with van der Waals surface area (Å²) in [7, 11) is 0. The van der Waals surface area contributed by atoms with Gasteiger partial charge in [-0.1, -0.05) is 30.3 Å². The van der Waals surface area contributed by atoms with Crippen LogP contribution in [0.4, 0.5) is 9.18 Å². The van der Waals surface area contributed by atoms with Crippen molar-refractivity contribution < 1.29 is 18.8 Å². The van der Waals surface area contributed by atoms with Crippen molar-refractivity contribution in [1.82, 2.24) is 15.2 Å². The molecule has 152 valence electrons. The Morgan fingerprint density at radius 3 is 2.70 bits per heavy atom. The maximum absolute atomic E-state index is 13.0. The summed E-state index contributed by atoms with van der Waals surface area (Å²) in [5, 5.41) is 3.36. The fraction of sp³-hybridized carbons (Fsp3) is 0.136. The third kappa shape index (κ3) is 4.28. The van der Waals surface area contributed by atoms with E-state index in [9.17, 15) is 18.8 Å². The number of amides is 3. The smallest absolute Gasteiger partial charge is 0.294 e. The second kappa shape index (κ2) is 8.54. The topological polar surface area (TPSA) is 82.3 Å². The lowest BCUT2D eigenvalue weighted by atomic mass is 10.1. The third-order valence-electron chi connectivity index (χ3n) is 4.73. The molecule has 0 unspecified atom stereocenters. The van der Waals surface area contributed by atoms with Gasteiger partial charge in [-0.2, -0.15) is 0 Å². The van der Waals surface area contributed by atoms with Gasteiger partial charge in [0.1, 0.15) is 12.4 Å². The molecule has 1 aliphatic heterocycles. The van der Waals surface area contributed by atoms with Crippen LogP contribution in [0.25, 0.3) is 17.0 Å². The minimum atomic E-state index is -0.527. The average molecular weight is 423 g/mol. The van der Waals surface area contributed by atoms with Crippen LogP contribution in [0.2, 0.25) is 0 Å². The van der Waals surface area contributed by atoms with E-state index in [0.29, 0.717) is 18.5 Å². The molecule has 1 saturated heterocycles. The molecule has 0 atom stereocenters. The fourth-order valence-corrected chi connectivity index (χ4v) is 4.06. The lowest BCUT2D eigenvalue weighted by Crippen LogP contribution is -2.40. The number of thioether (sulfide) groups is 1. The van der Waals surface area contributed by atoms with Crippen LogP contribution >= 0.6 is 11.8 Å². The van der Waals surface area contributed by atoms with Gasteiger partial charge in [-0.15, -0.1) is 0 Å². The standard InChI is InChI=1S/C22H18FN3O3S/c23-16-7-5-14(6-8-16)11-19-21(28)26(22(29)30-19)13-20(27)24-10-9-15-12-25-18-4-2-1-3-17(15)18/h1-8,11-12,25H,9-10,13H2,(H,24,27)/b19-11+. The zero-order valence-electron chi connectivity index (χ0n) is 15.9. The summed E-state index contributed by atoms with van der Waals surface area (Å²) in [6, 6.07) is 13.5. The average Bonchev–Trinajstić information content (AvgIpc) is 3.26. The summed E-state index contributed by atoms with van der Waals surface area (Å²) in [6.45, 7) is 0.0572. The second-order valence-corrected chi connectivity index (χ2v) is 7.77. The molecule has 0 bridgehead atoms. The molecular weight excluding hydrogens is 405 g/mol. The van der Waals surface area contributed by atoms with Gasteiger partial charge < -0.3 is 10.3 Å². The number of aromatic amines is 1. The fourth-order valence-electron chi connectivity index (χ4n) is 3.22. The Morgan fingerprint density at radius 2 is 1.90 bits per heavy atom. The van der Waals surface area contributed by atoms with Crippen LogP contribution in [0.15, 0.2) is 59.6 Å². The van der Waals surface area contributed by atoms with Gasteiger partial charge in [-0.25, -0.2) is 4.39 Å². The molecule has 6 nitrogen and oxygen atoms in total. The van der Waals surface area contributed by atoms with Crippen molar-refractivity contribution >= 4 is 45.8 Å². The number of H-pyrrole nitrogens is 1. The second-order valence-electron chi connectivity index (χ2n) is 6.78. The van der Waals surface area contributed by atoms with Crippen LogP contribution < -0.4 is 5.32 Å². The predicted octanol–water partition coefficient (Wildman–Crippen LogP) is 3.70. The van der Waals surface area contributed by atoms with Crippen LogP contribution in [-0.4, -0.2) is 40.0 Å². The molecule has 3 amide bonds. The molecule has 1 fully saturated rings. The summed E-state index contributed by atoms with van der Waals surface area (Å²) in [4.78, 5) is 41.2. The van der Waals surface area contributed by atoms with Crippen LogP contribution in [0, 0.1) is 5.82 Å². The number of hydrogen-bond acceptors (Lipinski definition) is 4. The molecule has 2 aromatic carbocycles. The number of fused-ring (bicyclic) bond motifs is 1. The first-order valence-electron chi connectivity index (χ1n) is 9.34. The molecule has 1 aliphatic rings. The maximum Gasteiger partial charge on any atom is 0.294 e. The summed E-state index contributed by atoms with van der Waals surface area (Å²) >= 11 is 0.767. The first-order valence-corrected chi connectivity index (χ1v) is 10.2. The number of imide groups is 1. The van der Waals surface area contributed by atoms with Gasteiger partial charge in [0.25, 0.3) is 11.1 Å². The maximum atomic E-state index is 13.0. The molecule has 30 heavy (non-hydrogen) atoms. The van der Waals surface area contributed by atoms with E-state index in [2.05, 4.69) is 10.3 Å². The largest absolute Gasteiger partial charge is 0.361 e. The zero-order valence-corrected chi connectivity index (χ0v) is 16.7. The number of aromatic nitrogens is 1. The number of carbonyl (C=O) groups is 3. The number of benzene rings is 2. The summed E-state index contributed by atoms with van der Waals surface area (Å²) in [5.41, 5.74) is 2.72. The van der Waals surface area contributed by atoms with Gasteiger partial charge in [0, 0.05) is 23.6 Å². The van der Waals surface area contributed by atoms with Crippen molar-refractivity contribution in [3.8, 4) is 0 Å². The lowest BCUT2D eigenvalue weighted by Gasteiger charge is -2.12. The molecule has 2 heterocycles. The highest BCUT2D eigenvalue weighted by Gasteiger charge is 2.36. The van der Waals surface area contributed by atoms with E-state index in [1.54, 1.807) is 0 Å². The monoisotopic (exact) mass is 423 g/mol. The number of carbonyl (C=O) groups excluding carboxylic acids is 3. The molecule has 0 radical (unpaired) electrons. The van der Waals surface area contributed by atoms with E-state index in [-0.39, 0.29) is 17.3 Å². The highest BCUT2D eigenvalue weighted by atomic mass is 32.2. The van der Waals surface area contributed by atoms with E-state index < -0.39 is 17.1 Å². The number of para-hydroxylation sites is 1. The van der Waals surface area contributed by atoms with Crippen LogP contribution in [0.3, 0.4) is 0 Å². The van der Waals surface area contributed by atoms with Gasteiger partial charge in [0.05, 0.1) is 4.91 Å². The Hall–Kier alpha value is -3.39. The van der Waals surface area contributed by atoms with Crippen LogP contribution in [-0.2, 0) is 16.0 Å². The summed E-state index contributed by atoms with van der Waals surface area (Å²) < 4.78 is 13.0. The normalized spacial score (nSPS) is 15.4. The van der Waals surface area contributed by atoms with Crippen molar-refractivity contribution in [3.63, 3.8) is 0 Å². The minimum absolute atomic E-state index is 0.207. The zero-order chi connectivity index (χ0) is 21.1. The SMILES string of the molecule is O=C(CN1C(=O)S/C(=C/c2ccc(F)cc2)C1=O)NCCc1c[nH]c2ccccc12. The van der Waals surface area contributed by atoms with Crippen LogP contribution in [0.1, 0.15) is 11.1 Å². The molecule has 8 heteroatoms. The highest BCUT2D eigenvalue weighted by Crippen LogP contribution is 2.32. The van der Waals surface area contributed by atoms with Gasteiger partial charge in [0.15, 0.2) is 0 Å². The summed E-state index contributed by atoms with van der Waals surface area (Å²) in [6.07, 6.45) is 4.05. The van der Waals surface area contributed by atoms with Crippen molar-refractivity contribution in [2.75, 3.05) is 13.1 Å². The van der Waals surface area contributed by atoms with Gasteiger partial charge in [-0.05, 0) is 53.6 Å². The molecule has 1 aromatic heterocycles. The minimum Gasteiger partial charge on any atom is -0.361 e.